The molecule has 258 valence electrons. The van der Waals surface area contributed by atoms with Gasteiger partial charge in [-0.15, -0.1) is 0 Å². The highest BCUT2D eigenvalue weighted by Gasteiger charge is 2.23. The van der Waals surface area contributed by atoms with Gasteiger partial charge in [0.25, 0.3) is 0 Å². The molecule has 2 fully saturated rings. The number of H-pyrrole nitrogens is 2. The van der Waals surface area contributed by atoms with Crippen molar-refractivity contribution in [1.82, 2.24) is 49.8 Å². The van der Waals surface area contributed by atoms with Crippen molar-refractivity contribution in [3.8, 4) is 28.8 Å². The number of imidazole rings is 2. The number of pyridine rings is 2. The van der Waals surface area contributed by atoms with Crippen LogP contribution in [0, 0.1) is 11.3 Å². The average molecular weight is 694 g/mol. The monoisotopic (exact) mass is 693 g/mol. The molecule has 0 amide bonds. The fraction of sp³-hybridized carbons (Fsp3) is 0.229. The first-order valence-corrected chi connectivity index (χ1v) is 16.8. The van der Waals surface area contributed by atoms with Gasteiger partial charge >= 0.3 is 0 Å². The highest BCUT2D eigenvalue weighted by molar-refractivity contribution is 5.92. The molecule has 0 bridgehead atoms. The predicted molar refractivity (Wildman–Crippen MR) is 193 cm³/mol. The lowest BCUT2D eigenvalue weighted by atomic mass is 10.1. The lowest BCUT2D eigenvalue weighted by Crippen LogP contribution is -2.22. The average Bonchev–Trinajstić information content (AvgIpc) is 3.99. The van der Waals surface area contributed by atoms with Gasteiger partial charge in [0, 0.05) is 61.8 Å². The second-order valence-electron chi connectivity index (χ2n) is 12.7. The van der Waals surface area contributed by atoms with E-state index in [9.17, 15) is 15.5 Å². The molecule has 52 heavy (non-hydrogen) atoms. The smallest absolute Gasteiger partial charge is 0.157 e. The summed E-state index contributed by atoms with van der Waals surface area (Å²) in [6, 6.07) is 15.0. The standard InChI is InChI=1S/C35H31N15O2/c36-14-19-9-20(32-43-24-1-5-37-34(30(24)47-32)45-26-12-28(41-17-39-26)49-7-3-22(51)15-49)11-21(10-19)33-44-25-2-6-38-35(31(25)48-33)46-27-13-29(42-18-40-27)50-8-4-23(52)16-50/h1-2,5-6,9-13,17-18,22-23,51-52H,3-4,7-8,15-16H2,(H,43,47)(H,44,48)(H,37,39,41,45)(H,38,40,42,46). The fourth-order valence-corrected chi connectivity index (χ4v) is 6.62. The van der Waals surface area contributed by atoms with Crippen LogP contribution in [0.25, 0.3) is 44.8 Å². The van der Waals surface area contributed by atoms with Crippen molar-refractivity contribution in [2.75, 3.05) is 46.6 Å². The largest absolute Gasteiger partial charge is 0.391 e. The van der Waals surface area contributed by atoms with Gasteiger partial charge in [-0.2, -0.15) is 5.26 Å². The number of aliphatic hydroxyl groups is 2. The number of anilines is 6. The minimum Gasteiger partial charge on any atom is -0.391 e. The van der Waals surface area contributed by atoms with E-state index in [1.54, 1.807) is 24.5 Å². The second kappa shape index (κ2) is 12.8. The summed E-state index contributed by atoms with van der Waals surface area (Å²) in [4.78, 5) is 47.1. The number of benzene rings is 1. The summed E-state index contributed by atoms with van der Waals surface area (Å²) in [5, 5.41) is 36.5. The van der Waals surface area contributed by atoms with Crippen molar-refractivity contribution >= 4 is 57.0 Å². The number of fused-ring (bicyclic) bond motifs is 2. The number of nitrogens with one attached hydrogen (secondary N) is 4. The van der Waals surface area contributed by atoms with E-state index in [-0.39, 0.29) is 12.2 Å². The number of hydrogen-bond acceptors (Lipinski definition) is 15. The molecule has 1 aromatic carbocycles. The Morgan fingerprint density at radius 3 is 1.62 bits per heavy atom. The van der Waals surface area contributed by atoms with E-state index in [2.05, 4.69) is 56.6 Å². The highest BCUT2D eigenvalue weighted by Crippen LogP contribution is 2.32. The maximum Gasteiger partial charge on any atom is 0.157 e. The molecular weight excluding hydrogens is 662 g/mol. The van der Waals surface area contributed by atoms with Crippen LogP contribution in [0.4, 0.5) is 34.9 Å². The molecule has 2 atom stereocenters. The second-order valence-corrected chi connectivity index (χ2v) is 12.7. The lowest BCUT2D eigenvalue weighted by Gasteiger charge is -2.17. The molecule has 2 aliphatic rings. The van der Waals surface area contributed by atoms with Gasteiger partial charge in [-0.25, -0.2) is 39.9 Å². The van der Waals surface area contributed by atoms with Gasteiger partial charge < -0.3 is 40.6 Å². The van der Waals surface area contributed by atoms with Crippen molar-refractivity contribution < 1.29 is 10.2 Å². The molecule has 0 saturated carbocycles. The normalized spacial score (nSPS) is 17.2. The van der Waals surface area contributed by atoms with Crippen LogP contribution in [0.3, 0.4) is 0 Å². The minimum absolute atomic E-state index is 0.371. The number of aromatic amines is 2. The molecule has 6 N–H and O–H groups in total. The zero-order valence-electron chi connectivity index (χ0n) is 27.6. The number of aromatic nitrogens is 10. The summed E-state index contributed by atoms with van der Waals surface area (Å²) < 4.78 is 0. The summed E-state index contributed by atoms with van der Waals surface area (Å²) in [5.74, 6) is 4.69. The highest BCUT2D eigenvalue weighted by atomic mass is 16.3. The molecule has 9 rings (SSSR count). The van der Waals surface area contributed by atoms with Crippen molar-refractivity contribution in [2.24, 2.45) is 0 Å². The molecule has 0 radical (unpaired) electrons. The Morgan fingerprint density at radius 2 is 1.17 bits per heavy atom. The SMILES string of the molecule is N#Cc1cc(-c2nc3ccnc(Nc4cc(N5CCC(O)C5)ncn4)c3[nH]2)cc(-c2nc3ccnc(Nc4cc(N5CCC(O)C5)ncn4)c3[nH]2)c1. The number of nitriles is 1. The van der Waals surface area contributed by atoms with Gasteiger partial charge in [0.1, 0.15) is 58.6 Å². The van der Waals surface area contributed by atoms with Gasteiger partial charge in [-0.1, -0.05) is 0 Å². The molecular formula is C35H31N15O2. The van der Waals surface area contributed by atoms with Gasteiger partial charge in [-0.05, 0) is 43.2 Å². The first-order chi connectivity index (χ1) is 25.5. The van der Waals surface area contributed by atoms with Gasteiger partial charge in [-0.3, -0.25) is 0 Å². The van der Waals surface area contributed by atoms with Crippen molar-refractivity contribution in [2.45, 2.75) is 25.0 Å². The molecule has 2 unspecified atom stereocenters. The van der Waals surface area contributed by atoms with Crippen LogP contribution in [0.5, 0.6) is 0 Å². The Morgan fingerprint density at radius 1 is 0.673 bits per heavy atom. The minimum atomic E-state index is -0.371. The van der Waals surface area contributed by atoms with E-state index in [0.29, 0.717) is 99.6 Å². The summed E-state index contributed by atoms with van der Waals surface area (Å²) >= 11 is 0. The molecule has 0 spiro atoms. The predicted octanol–water partition coefficient (Wildman–Crippen LogP) is 3.64. The Balaban J connectivity index is 1.01. The van der Waals surface area contributed by atoms with Crippen LogP contribution in [-0.4, -0.2) is 98.4 Å². The lowest BCUT2D eigenvalue weighted by molar-refractivity contribution is 0.198. The van der Waals surface area contributed by atoms with Crippen molar-refractivity contribution in [3.63, 3.8) is 0 Å². The van der Waals surface area contributed by atoms with E-state index in [4.69, 9.17) is 9.97 Å². The zero-order valence-corrected chi connectivity index (χ0v) is 27.6. The van der Waals surface area contributed by atoms with Gasteiger partial charge in [0.2, 0.25) is 0 Å². The van der Waals surface area contributed by atoms with Crippen LogP contribution in [0.1, 0.15) is 18.4 Å². The molecule has 17 heteroatoms. The summed E-state index contributed by atoms with van der Waals surface area (Å²) in [6.07, 6.45) is 6.95. The van der Waals surface area contributed by atoms with E-state index in [0.717, 1.165) is 24.7 Å². The summed E-state index contributed by atoms with van der Waals surface area (Å²) in [5.41, 5.74) is 4.48. The van der Waals surface area contributed by atoms with E-state index in [1.807, 2.05) is 40.1 Å². The Bertz CT molecular complexity index is 2330. The molecule has 2 saturated heterocycles. The molecule has 17 nitrogen and oxygen atoms in total. The van der Waals surface area contributed by atoms with Crippen molar-refractivity contribution in [3.05, 3.63) is 73.1 Å². The first-order valence-electron chi connectivity index (χ1n) is 16.8. The third-order valence-corrected chi connectivity index (χ3v) is 9.19. The zero-order chi connectivity index (χ0) is 35.2. The maximum absolute atomic E-state index is 10.00. The van der Waals surface area contributed by atoms with Gasteiger partial charge in [0.15, 0.2) is 11.6 Å². The summed E-state index contributed by atoms with van der Waals surface area (Å²) in [7, 11) is 0. The number of β-amino-alcohol motifs (C(OH)–C–C–N with tert-alkyl or cyclic N) is 2. The Hall–Kier alpha value is -6.77. The van der Waals surface area contributed by atoms with Crippen LogP contribution in [-0.2, 0) is 0 Å². The Labute approximate surface area is 295 Å². The molecule has 7 aromatic rings. The first kappa shape index (κ1) is 31.2. The fourth-order valence-electron chi connectivity index (χ4n) is 6.62. The third-order valence-electron chi connectivity index (χ3n) is 9.19. The number of aliphatic hydroxyl groups excluding tert-OH is 2. The Kier molecular flexibility index (Phi) is 7.71. The number of hydrogen-bond donors (Lipinski definition) is 6. The van der Waals surface area contributed by atoms with Crippen LogP contribution in [0.2, 0.25) is 0 Å². The number of nitrogens with zero attached hydrogens (tertiary/aromatic N) is 11. The van der Waals surface area contributed by atoms with Crippen molar-refractivity contribution in [1.29, 1.82) is 5.26 Å². The molecule has 0 aliphatic carbocycles. The molecule has 8 heterocycles. The van der Waals surface area contributed by atoms with Crippen LogP contribution >= 0.6 is 0 Å². The third kappa shape index (κ3) is 6.01. The summed E-state index contributed by atoms with van der Waals surface area (Å²) in [6.45, 7) is 2.49. The van der Waals surface area contributed by atoms with Gasteiger partial charge in [0.05, 0.1) is 34.9 Å². The van der Waals surface area contributed by atoms with E-state index >= 15 is 0 Å². The topological polar surface area (TPSA) is 229 Å². The van der Waals surface area contributed by atoms with Crippen LogP contribution in [0.15, 0.2) is 67.5 Å². The number of rotatable bonds is 8. The maximum atomic E-state index is 10.00. The molecule has 2 aliphatic heterocycles. The quantitative estimate of drug-likeness (QED) is 0.133. The van der Waals surface area contributed by atoms with Crippen LogP contribution < -0.4 is 20.4 Å². The van der Waals surface area contributed by atoms with E-state index < -0.39 is 0 Å². The van der Waals surface area contributed by atoms with E-state index in [1.165, 1.54) is 12.7 Å². The molecule has 6 aromatic heterocycles.